The highest BCUT2D eigenvalue weighted by Gasteiger charge is 2.24. The summed E-state index contributed by atoms with van der Waals surface area (Å²) in [5, 5.41) is 3.20. The second kappa shape index (κ2) is 5.52. The third kappa shape index (κ3) is 2.99. The molecule has 1 saturated carbocycles. The summed E-state index contributed by atoms with van der Waals surface area (Å²) in [5.74, 6) is 2.98. The largest absolute Gasteiger partial charge is 0.373 e. The van der Waals surface area contributed by atoms with Crippen molar-refractivity contribution in [3.05, 3.63) is 23.4 Å². The van der Waals surface area contributed by atoms with Crippen molar-refractivity contribution in [3.63, 3.8) is 0 Å². The van der Waals surface area contributed by atoms with Crippen LogP contribution in [-0.2, 0) is 12.8 Å². The maximum Gasteiger partial charge on any atom is 0.129 e. The van der Waals surface area contributed by atoms with E-state index in [0.717, 1.165) is 30.5 Å². The molecule has 17 heavy (non-hydrogen) atoms. The van der Waals surface area contributed by atoms with Gasteiger partial charge in [-0.15, -0.1) is 0 Å². The summed E-state index contributed by atoms with van der Waals surface area (Å²) >= 11 is 0. The number of anilines is 1. The molecule has 0 aliphatic heterocycles. The molecule has 2 heteroatoms. The number of rotatable bonds is 5. The number of hydrogen-bond donors (Lipinski definition) is 1. The van der Waals surface area contributed by atoms with Crippen molar-refractivity contribution in [2.24, 2.45) is 11.8 Å². The van der Waals surface area contributed by atoms with Gasteiger partial charge in [0.2, 0.25) is 0 Å². The molecule has 1 aromatic rings. The van der Waals surface area contributed by atoms with Gasteiger partial charge in [-0.3, -0.25) is 0 Å². The zero-order chi connectivity index (χ0) is 12.3. The number of pyridine rings is 1. The highest BCUT2D eigenvalue weighted by molar-refractivity contribution is 5.44. The summed E-state index contributed by atoms with van der Waals surface area (Å²) in [6.07, 6.45) is 6.34. The molecule has 0 amide bonds. The normalized spacial score (nSPS) is 23.2. The summed E-state index contributed by atoms with van der Waals surface area (Å²) in [5.41, 5.74) is 2.56. The molecule has 0 aromatic carbocycles. The van der Waals surface area contributed by atoms with Gasteiger partial charge < -0.3 is 5.32 Å². The maximum absolute atomic E-state index is 4.70. The lowest BCUT2D eigenvalue weighted by Crippen LogP contribution is -2.21. The van der Waals surface area contributed by atoms with Crippen LogP contribution in [0.5, 0.6) is 0 Å². The van der Waals surface area contributed by atoms with Crippen molar-refractivity contribution >= 4 is 5.82 Å². The van der Waals surface area contributed by atoms with Crippen LogP contribution in [0.3, 0.4) is 0 Å². The van der Waals surface area contributed by atoms with E-state index in [1.54, 1.807) is 0 Å². The highest BCUT2D eigenvalue weighted by atomic mass is 15.0. The Labute approximate surface area is 105 Å². The van der Waals surface area contributed by atoms with Crippen LogP contribution in [0, 0.1) is 11.8 Å². The Morgan fingerprint density at radius 1 is 1.35 bits per heavy atom. The lowest BCUT2D eigenvalue weighted by atomic mass is 9.74. The van der Waals surface area contributed by atoms with E-state index in [-0.39, 0.29) is 0 Å². The number of hydrogen-bond acceptors (Lipinski definition) is 2. The fraction of sp³-hybridized carbons (Fsp3) is 0.667. The van der Waals surface area contributed by atoms with Crippen LogP contribution in [0.25, 0.3) is 0 Å². The Bertz CT molecular complexity index is 367. The molecule has 1 fully saturated rings. The second-order valence-corrected chi connectivity index (χ2v) is 5.40. The highest BCUT2D eigenvalue weighted by Crippen LogP contribution is 2.36. The predicted molar refractivity (Wildman–Crippen MR) is 73.4 cm³/mol. The molecule has 2 nitrogen and oxygen atoms in total. The van der Waals surface area contributed by atoms with Crippen molar-refractivity contribution in [2.45, 2.75) is 46.0 Å². The molecule has 1 aliphatic rings. The van der Waals surface area contributed by atoms with E-state index in [9.17, 15) is 0 Å². The molecule has 0 unspecified atom stereocenters. The molecular weight excluding hydrogens is 208 g/mol. The Kier molecular flexibility index (Phi) is 4.03. The fourth-order valence-electron chi connectivity index (χ4n) is 2.83. The molecule has 1 heterocycles. The monoisotopic (exact) mass is 232 g/mol. The van der Waals surface area contributed by atoms with Crippen molar-refractivity contribution in [2.75, 3.05) is 12.4 Å². The first-order chi connectivity index (χ1) is 8.22. The van der Waals surface area contributed by atoms with Gasteiger partial charge >= 0.3 is 0 Å². The van der Waals surface area contributed by atoms with Gasteiger partial charge in [0, 0.05) is 12.7 Å². The minimum absolute atomic E-state index is 0.954. The first-order valence-electron chi connectivity index (χ1n) is 6.89. The SMILES string of the molecule is CCc1ccc(CCC2CC(C)C2)nc1NC. The molecule has 0 spiro atoms. The number of nitrogens with one attached hydrogen (secondary N) is 1. The van der Waals surface area contributed by atoms with Gasteiger partial charge in [0.25, 0.3) is 0 Å². The fourth-order valence-corrected chi connectivity index (χ4v) is 2.83. The van der Waals surface area contributed by atoms with Crippen LogP contribution >= 0.6 is 0 Å². The summed E-state index contributed by atoms with van der Waals surface area (Å²) < 4.78 is 0. The number of aryl methyl sites for hydroxylation is 2. The van der Waals surface area contributed by atoms with Crippen molar-refractivity contribution in [1.82, 2.24) is 4.98 Å². The van der Waals surface area contributed by atoms with Gasteiger partial charge in [-0.2, -0.15) is 0 Å². The molecule has 0 atom stereocenters. The maximum atomic E-state index is 4.70. The summed E-state index contributed by atoms with van der Waals surface area (Å²) in [7, 11) is 1.96. The van der Waals surface area contributed by atoms with E-state index >= 15 is 0 Å². The van der Waals surface area contributed by atoms with Gasteiger partial charge in [-0.1, -0.05) is 19.9 Å². The lowest BCUT2D eigenvalue weighted by Gasteiger charge is -2.32. The van der Waals surface area contributed by atoms with Gasteiger partial charge in [0.05, 0.1) is 0 Å². The lowest BCUT2D eigenvalue weighted by molar-refractivity contribution is 0.199. The molecule has 0 bridgehead atoms. The third-order valence-corrected chi connectivity index (χ3v) is 3.93. The van der Waals surface area contributed by atoms with Crippen molar-refractivity contribution in [3.8, 4) is 0 Å². The van der Waals surface area contributed by atoms with Gasteiger partial charge in [-0.25, -0.2) is 4.98 Å². The molecule has 0 radical (unpaired) electrons. The topological polar surface area (TPSA) is 24.9 Å². The predicted octanol–water partition coefficient (Wildman–Crippen LogP) is 3.66. The van der Waals surface area contributed by atoms with Crippen LogP contribution < -0.4 is 5.32 Å². The molecule has 1 aromatic heterocycles. The van der Waals surface area contributed by atoms with Crippen LogP contribution in [0.4, 0.5) is 5.82 Å². The number of nitrogens with zero attached hydrogens (tertiary/aromatic N) is 1. The Hall–Kier alpha value is -1.05. The van der Waals surface area contributed by atoms with Gasteiger partial charge in [-0.05, 0) is 55.6 Å². The summed E-state index contributed by atoms with van der Waals surface area (Å²) in [6, 6.07) is 4.42. The van der Waals surface area contributed by atoms with Gasteiger partial charge in [0.15, 0.2) is 0 Å². The molecule has 1 N–H and O–H groups in total. The average molecular weight is 232 g/mol. The van der Waals surface area contributed by atoms with Crippen LogP contribution in [0.2, 0.25) is 0 Å². The smallest absolute Gasteiger partial charge is 0.129 e. The minimum Gasteiger partial charge on any atom is -0.373 e. The first-order valence-corrected chi connectivity index (χ1v) is 6.89. The minimum atomic E-state index is 0.954. The molecule has 94 valence electrons. The van der Waals surface area contributed by atoms with E-state index in [1.807, 2.05) is 7.05 Å². The van der Waals surface area contributed by atoms with Crippen LogP contribution in [0.1, 0.15) is 44.4 Å². The Morgan fingerprint density at radius 2 is 2.12 bits per heavy atom. The van der Waals surface area contributed by atoms with E-state index in [2.05, 4.69) is 31.3 Å². The Balaban J connectivity index is 1.92. The quantitative estimate of drug-likeness (QED) is 0.838. The zero-order valence-electron chi connectivity index (χ0n) is 11.3. The standard InChI is InChI=1S/C15H24N2/c1-4-13-6-8-14(17-15(13)16-3)7-5-12-9-11(2)10-12/h6,8,11-12H,4-5,7,9-10H2,1-3H3,(H,16,17). The van der Waals surface area contributed by atoms with Gasteiger partial charge in [0.1, 0.15) is 5.82 Å². The Morgan fingerprint density at radius 3 is 2.71 bits per heavy atom. The average Bonchev–Trinajstić information content (AvgIpc) is 2.32. The number of aromatic nitrogens is 1. The van der Waals surface area contributed by atoms with Crippen LogP contribution in [-0.4, -0.2) is 12.0 Å². The van der Waals surface area contributed by atoms with E-state index < -0.39 is 0 Å². The summed E-state index contributed by atoms with van der Waals surface area (Å²) in [6.45, 7) is 4.52. The van der Waals surface area contributed by atoms with Crippen molar-refractivity contribution in [1.29, 1.82) is 0 Å². The van der Waals surface area contributed by atoms with E-state index in [1.165, 1.54) is 30.5 Å². The zero-order valence-corrected chi connectivity index (χ0v) is 11.3. The summed E-state index contributed by atoms with van der Waals surface area (Å²) in [4.78, 5) is 4.70. The first kappa shape index (κ1) is 12.4. The van der Waals surface area contributed by atoms with Crippen molar-refractivity contribution < 1.29 is 0 Å². The third-order valence-electron chi connectivity index (χ3n) is 3.93. The second-order valence-electron chi connectivity index (χ2n) is 5.40. The molecule has 0 saturated heterocycles. The van der Waals surface area contributed by atoms with Crippen LogP contribution in [0.15, 0.2) is 12.1 Å². The molecular formula is C15H24N2. The molecule has 1 aliphatic carbocycles. The van der Waals surface area contributed by atoms with E-state index in [4.69, 9.17) is 4.98 Å². The van der Waals surface area contributed by atoms with E-state index in [0.29, 0.717) is 0 Å². The molecule has 2 rings (SSSR count).